The van der Waals surface area contributed by atoms with Crippen molar-refractivity contribution < 1.29 is 14.6 Å². The van der Waals surface area contributed by atoms with E-state index in [2.05, 4.69) is 5.32 Å². The van der Waals surface area contributed by atoms with Gasteiger partial charge in [0.1, 0.15) is 5.75 Å². The van der Waals surface area contributed by atoms with Crippen molar-refractivity contribution in [3.8, 4) is 5.75 Å². The lowest BCUT2D eigenvalue weighted by Gasteiger charge is -2.36. The molecular formula is C13H15Cl2NO3. The third-order valence-corrected chi connectivity index (χ3v) is 4.04. The second-order valence-corrected chi connectivity index (χ2v) is 5.35. The molecule has 0 saturated carbocycles. The highest BCUT2D eigenvalue weighted by Gasteiger charge is 2.34. The summed E-state index contributed by atoms with van der Waals surface area (Å²) in [6.07, 6.45) is 1.33. The largest absolute Gasteiger partial charge is 0.507 e. The van der Waals surface area contributed by atoms with Crippen molar-refractivity contribution in [1.29, 1.82) is 0 Å². The number of ether oxygens (including phenoxy) is 1. The molecule has 2 rings (SSSR count). The topological polar surface area (TPSA) is 58.6 Å². The maximum Gasteiger partial charge on any atom is 0.255 e. The highest BCUT2D eigenvalue weighted by atomic mass is 35.5. The highest BCUT2D eigenvalue weighted by molar-refractivity contribution is 6.30. The van der Waals surface area contributed by atoms with Crippen LogP contribution in [0.2, 0.25) is 5.02 Å². The second kappa shape index (κ2) is 5.99. The van der Waals surface area contributed by atoms with Crippen LogP contribution >= 0.6 is 23.2 Å². The van der Waals surface area contributed by atoms with Gasteiger partial charge in [-0.25, -0.2) is 0 Å². The number of halogens is 2. The Balaban J connectivity index is 2.15. The number of aromatic hydroxyl groups is 1. The quantitative estimate of drug-likeness (QED) is 0.844. The van der Waals surface area contributed by atoms with E-state index in [1.165, 1.54) is 12.1 Å². The van der Waals surface area contributed by atoms with Crippen molar-refractivity contribution in [3.05, 3.63) is 28.8 Å². The molecule has 0 aliphatic carbocycles. The summed E-state index contributed by atoms with van der Waals surface area (Å²) in [5.41, 5.74) is -0.274. The number of hydrogen-bond donors (Lipinski definition) is 2. The molecule has 6 heteroatoms. The number of alkyl halides is 1. The summed E-state index contributed by atoms with van der Waals surface area (Å²) >= 11 is 11.7. The summed E-state index contributed by atoms with van der Waals surface area (Å²) in [7, 11) is 0. The Hall–Kier alpha value is -0.970. The molecule has 1 fully saturated rings. The molecule has 1 aromatic rings. The van der Waals surface area contributed by atoms with Crippen LogP contribution in [0.3, 0.4) is 0 Å². The number of carbonyl (C=O) groups is 1. The minimum Gasteiger partial charge on any atom is -0.507 e. The summed E-state index contributed by atoms with van der Waals surface area (Å²) in [6, 6.07) is 4.40. The zero-order chi connectivity index (χ0) is 13.9. The summed E-state index contributed by atoms with van der Waals surface area (Å²) < 4.78 is 5.28. The van der Waals surface area contributed by atoms with Gasteiger partial charge in [-0.3, -0.25) is 4.79 Å². The molecule has 1 saturated heterocycles. The van der Waals surface area contributed by atoms with E-state index in [9.17, 15) is 9.90 Å². The molecule has 104 valence electrons. The van der Waals surface area contributed by atoms with Crippen LogP contribution in [0.4, 0.5) is 0 Å². The molecule has 1 amide bonds. The summed E-state index contributed by atoms with van der Waals surface area (Å²) in [6.45, 7) is 1.14. The van der Waals surface area contributed by atoms with E-state index in [-0.39, 0.29) is 17.2 Å². The second-order valence-electron chi connectivity index (χ2n) is 4.64. The molecule has 1 aliphatic rings. The van der Waals surface area contributed by atoms with Crippen molar-refractivity contribution >= 4 is 29.1 Å². The van der Waals surface area contributed by atoms with Gasteiger partial charge in [-0.1, -0.05) is 11.6 Å². The van der Waals surface area contributed by atoms with Crippen molar-refractivity contribution in [1.82, 2.24) is 5.32 Å². The van der Waals surface area contributed by atoms with E-state index < -0.39 is 5.54 Å². The number of amides is 1. The standard InChI is InChI=1S/C13H15Cl2NO3/c14-8-13(3-5-19-6-4-13)16-12(18)10-2-1-9(15)7-11(10)17/h1-2,7,17H,3-6,8H2,(H,16,18). The SMILES string of the molecule is O=C(NC1(CCl)CCOCC1)c1ccc(Cl)cc1O. The number of phenolic OH excluding ortho intramolecular Hbond substituents is 1. The van der Waals surface area contributed by atoms with Gasteiger partial charge < -0.3 is 15.2 Å². The van der Waals surface area contributed by atoms with Gasteiger partial charge in [-0.2, -0.15) is 0 Å². The Morgan fingerprint density at radius 1 is 1.42 bits per heavy atom. The first kappa shape index (κ1) is 14.4. The van der Waals surface area contributed by atoms with Gasteiger partial charge in [0.15, 0.2) is 0 Å². The van der Waals surface area contributed by atoms with Crippen molar-refractivity contribution in [2.75, 3.05) is 19.1 Å². The van der Waals surface area contributed by atoms with Gasteiger partial charge in [0.05, 0.1) is 11.1 Å². The third-order valence-electron chi connectivity index (χ3n) is 3.29. The fraction of sp³-hybridized carbons (Fsp3) is 0.462. The molecule has 19 heavy (non-hydrogen) atoms. The predicted molar refractivity (Wildman–Crippen MR) is 74.1 cm³/mol. The molecule has 0 bridgehead atoms. The smallest absolute Gasteiger partial charge is 0.255 e. The lowest BCUT2D eigenvalue weighted by molar-refractivity contribution is 0.0433. The Labute approximate surface area is 121 Å². The van der Waals surface area contributed by atoms with Crippen LogP contribution in [0, 0.1) is 0 Å². The van der Waals surface area contributed by atoms with Crippen molar-refractivity contribution in [2.45, 2.75) is 18.4 Å². The van der Waals surface area contributed by atoms with E-state index in [1.54, 1.807) is 6.07 Å². The van der Waals surface area contributed by atoms with E-state index >= 15 is 0 Å². The minimum atomic E-state index is -0.469. The molecule has 1 aliphatic heterocycles. The van der Waals surface area contributed by atoms with Crippen LogP contribution in [0.25, 0.3) is 0 Å². The molecule has 1 heterocycles. The van der Waals surface area contributed by atoms with Gasteiger partial charge >= 0.3 is 0 Å². The summed E-state index contributed by atoms with van der Waals surface area (Å²) in [5, 5.41) is 13.0. The zero-order valence-electron chi connectivity index (χ0n) is 10.3. The Morgan fingerprint density at radius 3 is 2.68 bits per heavy atom. The molecule has 0 atom stereocenters. The molecule has 0 radical (unpaired) electrons. The summed E-state index contributed by atoms with van der Waals surface area (Å²) in [4.78, 5) is 12.2. The van der Waals surface area contributed by atoms with Crippen molar-refractivity contribution in [2.24, 2.45) is 0 Å². The predicted octanol–water partition coefficient (Wildman–Crippen LogP) is 2.56. The Bertz CT molecular complexity index is 473. The molecule has 4 nitrogen and oxygen atoms in total. The molecule has 0 unspecified atom stereocenters. The van der Waals surface area contributed by atoms with Gasteiger partial charge in [0, 0.05) is 24.1 Å². The lowest BCUT2D eigenvalue weighted by atomic mass is 9.91. The molecule has 1 aromatic carbocycles. The van der Waals surface area contributed by atoms with Crippen LogP contribution in [-0.4, -0.2) is 35.6 Å². The first-order valence-corrected chi connectivity index (χ1v) is 6.92. The van der Waals surface area contributed by atoms with Crippen LogP contribution in [0.5, 0.6) is 5.75 Å². The molecule has 0 aromatic heterocycles. The first-order valence-electron chi connectivity index (χ1n) is 6.01. The number of hydrogen-bond acceptors (Lipinski definition) is 3. The maximum atomic E-state index is 12.2. The van der Waals surface area contributed by atoms with Crippen molar-refractivity contribution in [3.63, 3.8) is 0 Å². The first-order chi connectivity index (χ1) is 9.06. The van der Waals surface area contributed by atoms with Gasteiger partial charge in [-0.05, 0) is 31.0 Å². The number of rotatable bonds is 3. The summed E-state index contributed by atoms with van der Waals surface area (Å²) in [5.74, 6) is -0.172. The number of nitrogens with one attached hydrogen (secondary N) is 1. The van der Waals surface area contributed by atoms with E-state index in [1.807, 2.05) is 0 Å². The average Bonchev–Trinajstić information content (AvgIpc) is 2.39. The number of benzene rings is 1. The normalized spacial score (nSPS) is 18.0. The van der Waals surface area contributed by atoms with E-state index in [4.69, 9.17) is 27.9 Å². The zero-order valence-corrected chi connectivity index (χ0v) is 11.8. The fourth-order valence-electron chi connectivity index (χ4n) is 2.06. The molecule has 0 spiro atoms. The maximum absolute atomic E-state index is 12.2. The highest BCUT2D eigenvalue weighted by Crippen LogP contribution is 2.26. The molecular weight excluding hydrogens is 289 g/mol. The van der Waals surface area contributed by atoms with E-state index in [0.29, 0.717) is 37.0 Å². The van der Waals surface area contributed by atoms with Gasteiger partial charge in [0.2, 0.25) is 0 Å². The number of carbonyl (C=O) groups excluding carboxylic acids is 1. The van der Waals surface area contributed by atoms with Crippen LogP contribution in [0.1, 0.15) is 23.2 Å². The van der Waals surface area contributed by atoms with E-state index in [0.717, 1.165) is 0 Å². The number of phenols is 1. The Kier molecular flexibility index (Phi) is 4.55. The molecule has 2 N–H and O–H groups in total. The van der Waals surface area contributed by atoms with Crippen LogP contribution < -0.4 is 5.32 Å². The fourth-order valence-corrected chi connectivity index (χ4v) is 2.56. The van der Waals surface area contributed by atoms with Crippen LogP contribution in [-0.2, 0) is 4.74 Å². The van der Waals surface area contributed by atoms with Gasteiger partial charge in [0.25, 0.3) is 5.91 Å². The van der Waals surface area contributed by atoms with Gasteiger partial charge in [-0.15, -0.1) is 11.6 Å². The third kappa shape index (κ3) is 3.32. The van der Waals surface area contributed by atoms with Crippen LogP contribution in [0.15, 0.2) is 18.2 Å². The Morgan fingerprint density at radius 2 is 2.11 bits per heavy atom. The minimum absolute atomic E-state index is 0.137. The monoisotopic (exact) mass is 303 g/mol. The average molecular weight is 304 g/mol. The lowest BCUT2D eigenvalue weighted by Crippen LogP contribution is -2.53.